The highest BCUT2D eigenvalue weighted by Crippen LogP contribution is 2.29. The van der Waals surface area contributed by atoms with Crippen LogP contribution < -0.4 is 5.32 Å². The molecule has 1 amide bonds. The van der Waals surface area contributed by atoms with Crippen LogP contribution in [0.4, 0.5) is 0 Å². The molecule has 0 spiro atoms. The van der Waals surface area contributed by atoms with Crippen molar-refractivity contribution in [1.29, 1.82) is 0 Å². The molecule has 0 radical (unpaired) electrons. The number of carbonyl (C=O) groups excluding carboxylic acids is 1. The Morgan fingerprint density at radius 2 is 2.08 bits per heavy atom. The Hall–Kier alpha value is -2.14. The van der Waals surface area contributed by atoms with E-state index in [2.05, 4.69) is 39.5 Å². The molecule has 25 heavy (non-hydrogen) atoms. The van der Waals surface area contributed by atoms with E-state index >= 15 is 0 Å². The Labute approximate surface area is 149 Å². The molecule has 1 aliphatic carbocycles. The Morgan fingerprint density at radius 1 is 1.28 bits per heavy atom. The second-order valence-corrected chi connectivity index (χ2v) is 7.44. The van der Waals surface area contributed by atoms with Crippen molar-refractivity contribution in [3.05, 3.63) is 53.6 Å². The van der Waals surface area contributed by atoms with E-state index in [4.69, 9.17) is 0 Å². The molecule has 1 aromatic carbocycles. The Kier molecular flexibility index (Phi) is 4.57. The topological polar surface area (TPSA) is 50.2 Å². The lowest BCUT2D eigenvalue weighted by Gasteiger charge is -2.33. The van der Waals surface area contributed by atoms with Crippen LogP contribution in [0.15, 0.2) is 36.7 Å². The van der Waals surface area contributed by atoms with Crippen molar-refractivity contribution in [3.8, 4) is 0 Å². The summed E-state index contributed by atoms with van der Waals surface area (Å²) in [5, 5.41) is 3.19. The fourth-order valence-corrected chi connectivity index (χ4v) is 3.91. The zero-order valence-corrected chi connectivity index (χ0v) is 14.8. The number of benzene rings is 1. The molecule has 1 N–H and O–H groups in total. The fourth-order valence-electron chi connectivity index (χ4n) is 3.91. The minimum absolute atomic E-state index is 0.139. The molecule has 4 rings (SSSR count). The highest BCUT2D eigenvalue weighted by atomic mass is 16.1. The average Bonchev–Trinajstić information content (AvgIpc) is 2.95. The van der Waals surface area contributed by atoms with Gasteiger partial charge in [-0.15, -0.1) is 0 Å². The summed E-state index contributed by atoms with van der Waals surface area (Å²) >= 11 is 0. The van der Waals surface area contributed by atoms with Gasteiger partial charge >= 0.3 is 0 Å². The summed E-state index contributed by atoms with van der Waals surface area (Å²) in [6.45, 7) is 3.22. The van der Waals surface area contributed by atoms with Gasteiger partial charge in [-0.2, -0.15) is 0 Å². The number of hydrogen-bond donors (Lipinski definition) is 1. The largest absolute Gasteiger partial charge is 0.355 e. The van der Waals surface area contributed by atoms with E-state index in [0.717, 1.165) is 37.6 Å². The van der Waals surface area contributed by atoms with E-state index in [-0.39, 0.29) is 11.8 Å². The van der Waals surface area contributed by atoms with Gasteiger partial charge in [-0.25, -0.2) is 4.98 Å². The smallest absolute Gasteiger partial charge is 0.230 e. The van der Waals surface area contributed by atoms with Crippen LogP contribution in [0.5, 0.6) is 0 Å². The van der Waals surface area contributed by atoms with Gasteiger partial charge in [-0.3, -0.25) is 9.69 Å². The van der Waals surface area contributed by atoms with Gasteiger partial charge in [0.1, 0.15) is 0 Å². The molecule has 2 aliphatic rings. The van der Waals surface area contributed by atoms with Crippen LogP contribution in [0.3, 0.4) is 0 Å². The molecule has 2 aromatic rings. The van der Waals surface area contributed by atoms with Crippen LogP contribution in [-0.4, -0.2) is 33.4 Å². The van der Waals surface area contributed by atoms with Crippen LogP contribution in [0.2, 0.25) is 0 Å². The third-order valence-electron chi connectivity index (χ3n) is 5.56. The summed E-state index contributed by atoms with van der Waals surface area (Å²) in [6, 6.07) is 10.4. The molecular formula is C20H26N4O. The van der Waals surface area contributed by atoms with Gasteiger partial charge in [0.15, 0.2) is 0 Å². The maximum absolute atomic E-state index is 12.9. The lowest BCUT2D eigenvalue weighted by molar-refractivity contribution is -0.123. The number of imidazole rings is 1. The summed E-state index contributed by atoms with van der Waals surface area (Å²) in [4.78, 5) is 19.8. The first-order valence-electron chi connectivity index (χ1n) is 9.25. The monoisotopic (exact) mass is 338 g/mol. The lowest BCUT2D eigenvalue weighted by Crippen LogP contribution is -2.43. The number of nitrogens with zero attached hydrogens (tertiary/aromatic N) is 3. The van der Waals surface area contributed by atoms with Crippen LogP contribution in [0.1, 0.15) is 42.1 Å². The first kappa shape index (κ1) is 16.3. The van der Waals surface area contributed by atoms with Crippen LogP contribution in [0, 0.1) is 5.92 Å². The quantitative estimate of drug-likeness (QED) is 0.911. The van der Waals surface area contributed by atoms with Crippen molar-refractivity contribution in [3.63, 3.8) is 0 Å². The summed E-state index contributed by atoms with van der Waals surface area (Å²) in [7, 11) is 1.99. The minimum Gasteiger partial charge on any atom is -0.355 e. The fraction of sp³-hybridized carbons (Fsp3) is 0.500. The zero-order valence-electron chi connectivity index (χ0n) is 14.8. The molecule has 5 nitrogen and oxygen atoms in total. The Bertz CT molecular complexity index is 735. The van der Waals surface area contributed by atoms with Crippen molar-refractivity contribution >= 4 is 5.91 Å². The lowest BCUT2D eigenvalue weighted by atomic mass is 9.85. The predicted octanol–water partition coefficient (Wildman–Crippen LogP) is 2.44. The van der Waals surface area contributed by atoms with Gasteiger partial charge in [0.25, 0.3) is 0 Å². The summed E-state index contributed by atoms with van der Waals surface area (Å²) in [5.74, 6) is 0.688. The van der Waals surface area contributed by atoms with E-state index < -0.39 is 0 Å². The second kappa shape index (κ2) is 7.00. The SMILES string of the molecule is Cn1cnc2c1[C@H](C(=O)NCC1CCC1)CN(Cc1ccccc1)C2. The van der Waals surface area contributed by atoms with E-state index in [1.54, 1.807) is 0 Å². The summed E-state index contributed by atoms with van der Waals surface area (Å²) < 4.78 is 2.02. The molecule has 1 aliphatic heterocycles. The van der Waals surface area contributed by atoms with Crippen LogP contribution in [-0.2, 0) is 24.9 Å². The maximum Gasteiger partial charge on any atom is 0.230 e. The highest BCUT2D eigenvalue weighted by molar-refractivity contribution is 5.84. The average molecular weight is 338 g/mol. The summed E-state index contributed by atoms with van der Waals surface area (Å²) in [5.41, 5.74) is 3.39. The third-order valence-corrected chi connectivity index (χ3v) is 5.56. The molecule has 1 saturated carbocycles. The third kappa shape index (κ3) is 3.47. The van der Waals surface area contributed by atoms with E-state index in [9.17, 15) is 4.79 Å². The number of carbonyl (C=O) groups is 1. The zero-order chi connectivity index (χ0) is 17.2. The maximum atomic E-state index is 12.9. The van der Waals surface area contributed by atoms with E-state index in [1.165, 1.54) is 24.8 Å². The van der Waals surface area contributed by atoms with Crippen molar-refractivity contribution in [1.82, 2.24) is 19.8 Å². The van der Waals surface area contributed by atoms with Gasteiger partial charge in [-0.1, -0.05) is 36.8 Å². The first-order chi connectivity index (χ1) is 12.2. The molecular weight excluding hydrogens is 312 g/mol. The number of rotatable bonds is 5. The number of hydrogen-bond acceptors (Lipinski definition) is 3. The van der Waals surface area contributed by atoms with Crippen LogP contribution in [0.25, 0.3) is 0 Å². The standard InChI is InChI=1S/C20H26N4O/c1-23-14-22-18-13-24(11-16-6-3-2-4-7-16)12-17(19(18)23)20(25)21-10-15-8-5-9-15/h2-4,6-7,14-15,17H,5,8-13H2,1H3,(H,21,25)/t17-/m1/s1. The van der Waals surface area contributed by atoms with E-state index in [0.29, 0.717) is 5.92 Å². The minimum atomic E-state index is -0.139. The molecule has 0 bridgehead atoms. The van der Waals surface area contributed by atoms with Gasteiger partial charge < -0.3 is 9.88 Å². The number of aryl methyl sites for hydroxylation is 1. The molecule has 0 saturated heterocycles. The van der Waals surface area contributed by atoms with Crippen LogP contribution >= 0.6 is 0 Å². The normalized spacial score (nSPS) is 20.8. The second-order valence-electron chi connectivity index (χ2n) is 7.44. The predicted molar refractivity (Wildman–Crippen MR) is 96.9 cm³/mol. The van der Waals surface area contributed by atoms with Crippen molar-refractivity contribution in [2.45, 2.75) is 38.3 Å². The summed E-state index contributed by atoms with van der Waals surface area (Å²) in [6.07, 6.45) is 5.65. The molecule has 1 atom stereocenters. The van der Waals surface area contributed by atoms with Gasteiger partial charge in [0, 0.05) is 33.2 Å². The molecule has 0 unspecified atom stereocenters. The molecule has 1 fully saturated rings. The van der Waals surface area contributed by atoms with Gasteiger partial charge in [0.2, 0.25) is 5.91 Å². The van der Waals surface area contributed by atoms with Gasteiger partial charge in [-0.05, 0) is 24.3 Å². The van der Waals surface area contributed by atoms with Crippen molar-refractivity contribution < 1.29 is 4.79 Å². The molecule has 5 heteroatoms. The first-order valence-corrected chi connectivity index (χ1v) is 9.25. The number of fused-ring (bicyclic) bond motifs is 1. The molecule has 132 valence electrons. The van der Waals surface area contributed by atoms with Crippen molar-refractivity contribution in [2.75, 3.05) is 13.1 Å². The highest BCUT2D eigenvalue weighted by Gasteiger charge is 2.34. The molecule has 1 aromatic heterocycles. The number of amides is 1. The van der Waals surface area contributed by atoms with E-state index in [1.807, 2.05) is 24.0 Å². The Morgan fingerprint density at radius 3 is 2.80 bits per heavy atom. The van der Waals surface area contributed by atoms with Crippen molar-refractivity contribution in [2.24, 2.45) is 13.0 Å². The van der Waals surface area contributed by atoms with Gasteiger partial charge in [0.05, 0.1) is 23.6 Å². The Balaban J connectivity index is 1.49. The molecule has 2 heterocycles. The number of nitrogens with one attached hydrogen (secondary N) is 1. The number of aromatic nitrogens is 2.